The molecule has 0 unspecified atom stereocenters. The number of pyridine rings is 1. The van der Waals surface area contributed by atoms with Crippen molar-refractivity contribution < 1.29 is 4.79 Å². The van der Waals surface area contributed by atoms with Gasteiger partial charge < -0.3 is 4.90 Å². The van der Waals surface area contributed by atoms with Gasteiger partial charge in [0.15, 0.2) is 5.82 Å². The molecule has 1 fully saturated rings. The Kier molecular flexibility index (Phi) is 6.13. The van der Waals surface area contributed by atoms with E-state index in [0.29, 0.717) is 29.5 Å². The highest BCUT2D eigenvalue weighted by molar-refractivity contribution is 6.30. The molecular formula is C27H23ClN4O. The number of hydrogen-bond acceptors (Lipinski definition) is 4. The van der Waals surface area contributed by atoms with Gasteiger partial charge in [0, 0.05) is 59.3 Å². The third-order valence-electron chi connectivity index (χ3n) is 6.06. The zero-order valence-corrected chi connectivity index (χ0v) is 18.8. The van der Waals surface area contributed by atoms with Crippen LogP contribution in [0.1, 0.15) is 34.8 Å². The van der Waals surface area contributed by atoms with Crippen molar-refractivity contribution in [2.24, 2.45) is 0 Å². The molecular weight excluding hydrogens is 432 g/mol. The second-order valence-corrected chi connectivity index (χ2v) is 8.61. The quantitative estimate of drug-likeness (QED) is 0.386. The second-order valence-electron chi connectivity index (χ2n) is 8.18. The van der Waals surface area contributed by atoms with Crippen LogP contribution in [0.25, 0.3) is 22.5 Å². The predicted octanol–water partition coefficient (Wildman–Crippen LogP) is 5.88. The van der Waals surface area contributed by atoms with Gasteiger partial charge in [-0.1, -0.05) is 48.0 Å². The topological polar surface area (TPSA) is 59.0 Å². The maximum atomic E-state index is 13.0. The molecule has 5 rings (SSSR count). The lowest BCUT2D eigenvalue weighted by atomic mass is 9.88. The molecule has 1 amide bonds. The van der Waals surface area contributed by atoms with Crippen LogP contribution in [-0.2, 0) is 0 Å². The van der Waals surface area contributed by atoms with Gasteiger partial charge in [0.2, 0.25) is 0 Å². The van der Waals surface area contributed by atoms with Gasteiger partial charge in [0.1, 0.15) is 0 Å². The molecule has 4 aromatic rings. The Labute approximate surface area is 198 Å². The first-order chi connectivity index (χ1) is 16.2. The van der Waals surface area contributed by atoms with Crippen molar-refractivity contribution in [3.8, 4) is 22.5 Å². The Hall–Kier alpha value is -3.57. The first kappa shape index (κ1) is 21.3. The van der Waals surface area contributed by atoms with E-state index in [9.17, 15) is 4.79 Å². The van der Waals surface area contributed by atoms with E-state index in [0.717, 1.165) is 35.2 Å². The van der Waals surface area contributed by atoms with Crippen molar-refractivity contribution >= 4 is 17.5 Å². The van der Waals surface area contributed by atoms with Gasteiger partial charge in [-0.25, -0.2) is 9.97 Å². The molecule has 33 heavy (non-hydrogen) atoms. The molecule has 0 spiro atoms. The fourth-order valence-electron chi connectivity index (χ4n) is 4.34. The Morgan fingerprint density at radius 3 is 2.42 bits per heavy atom. The summed E-state index contributed by atoms with van der Waals surface area (Å²) in [5, 5.41) is 0.576. The van der Waals surface area contributed by atoms with Gasteiger partial charge in [-0.3, -0.25) is 9.78 Å². The first-order valence-corrected chi connectivity index (χ1v) is 11.4. The highest BCUT2D eigenvalue weighted by atomic mass is 35.5. The zero-order valence-electron chi connectivity index (χ0n) is 18.1. The summed E-state index contributed by atoms with van der Waals surface area (Å²) in [7, 11) is 0. The Balaban J connectivity index is 1.42. The van der Waals surface area contributed by atoms with E-state index in [-0.39, 0.29) is 11.8 Å². The summed E-state index contributed by atoms with van der Waals surface area (Å²) < 4.78 is 0. The van der Waals surface area contributed by atoms with Crippen LogP contribution < -0.4 is 0 Å². The molecule has 164 valence electrons. The standard InChI is InChI=1S/C27H23ClN4O/c28-23-10-4-8-21(16-23)27(33)32-14-11-20(12-15-32)25-24(19-6-2-1-3-7-19)18-30-26(31-25)22-9-5-13-29-17-22/h1-10,13,16-18,20H,11-12,14-15H2. The number of likely N-dealkylation sites (tertiary alicyclic amines) is 1. The number of hydrogen-bond donors (Lipinski definition) is 0. The molecule has 6 heteroatoms. The van der Waals surface area contributed by atoms with Crippen LogP contribution in [-0.4, -0.2) is 38.8 Å². The van der Waals surface area contributed by atoms with Gasteiger partial charge in [-0.15, -0.1) is 0 Å². The van der Waals surface area contributed by atoms with Crippen LogP contribution in [0.2, 0.25) is 5.02 Å². The monoisotopic (exact) mass is 454 g/mol. The largest absolute Gasteiger partial charge is 0.339 e. The number of aromatic nitrogens is 3. The first-order valence-electron chi connectivity index (χ1n) is 11.1. The smallest absolute Gasteiger partial charge is 0.253 e. The van der Waals surface area contributed by atoms with E-state index in [1.807, 2.05) is 53.6 Å². The maximum Gasteiger partial charge on any atom is 0.253 e. The number of halogens is 1. The van der Waals surface area contributed by atoms with E-state index in [2.05, 4.69) is 22.1 Å². The van der Waals surface area contributed by atoms with Crippen LogP contribution in [0, 0.1) is 0 Å². The minimum atomic E-state index is 0.0259. The molecule has 0 N–H and O–H groups in total. The predicted molar refractivity (Wildman–Crippen MR) is 130 cm³/mol. The van der Waals surface area contributed by atoms with Crippen LogP contribution >= 0.6 is 11.6 Å². The van der Waals surface area contributed by atoms with Crippen molar-refractivity contribution in [1.29, 1.82) is 0 Å². The Morgan fingerprint density at radius 1 is 0.909 bits per heavy atom. The lowest BCUT2D eigenvalue weighted by Gasteiger charge is -2.32. The summed E-state index contributed by atoms with van der Waals surface area (Å²) in [5.41, 5.74) is 4.70. The lowest BCUT2D eigenvalue weighted by molar-refractivity contribution is 0.0712. The average molecular weight is 455 g/mol. The van der Waals surface area contributed by atoms with Crippen molar-refractivity contribution in [1.82, 2.24) is 19.9 Å². The van der Waals surface area contributed by atoms with Crippen molar-refractivity contribution in [2.75, 3.05) is 13.1 Å². The van der Waals surface area contributed by atoms with Crippen molar-refractivity contribution in [2.45, 2.75) is 18.8 Å². The molecule has 0 atom stereocenters. The third kappa shape index (κ3) is 4.64. The van der Waals surface area contributed by atoms with Gasteiger partial charge in [0.25, 0.3) is 5.91 Å². The average Bonchev–Trinajstić information content (AvgIpc) is 2.89. The number of carbonyl (C=O) groups excluding carboxylic acids is 1. The number of carbonyl (C=O) groups is 1. The number of rotatable bonds is 4. The van der Waals surface area contributed by atoms with Gasteiger partial charge in [-0.2, -0.15) is 0 Å². The van der Waals surface area contributed by atoms with Crippen molar-refractivity contribution in [3.63, 3.8) is 0 Å². The fourth-order valence-corrected chi connectivity index (χ4v) is 4.53. The van der Waals surface area contributed by atoms with E-state index < -0.39 is 0 Å². The summed E-state index contributed by atoms with van der Waals surface area (Å²) in [5.74, 6) is 0.940. The molecule has 0 aliphatic carbocycles. The van der Waals surface area contributed by atoms with Crippen LogP contribution in [0.4, 0.5) is 0 Å². The summed E-state index contributed by atoms with van der Waals surface area (Å²) in [6.45, 7) is 1.35. The minimum Gasteiger partial charge on any atom is -0.339 e. The molecule has 5 nitrogen and oxygen atoms in total. The third-order valence-corrected chi connectivity index (χ3v) is 6.30. The maximum absolute atomic E-state index is 13.0. The van der Waals surface area contributed by atoms with Gasteiger partial charge >= 0.3 is 0 Å². The molecule has 1 aliphatic rings. The molecule has 2 aromatic heterocycles. The molecule has 1 saturated heterocycles. The summed E-state index contributed by atoms with van der Waals surface area (Å²) >= 11 is 6.08. The zero-order chi connectivity index (χ0) is 22.6. The van der Waals surface area contributed by atoms with E-state index in [4.69, 9.17) is 16.6 Å². The minimum absolute atomic E-state index is 0.0259. The van der Waals surface area contributed by atoms with Crippen LogP contribution in [0.15, 0.2) is 85.3 Å². The molecule has 0 bridgehead atoms. The van der Waals surface area contributed by atoms with E-state index in [1.54, 1.807) is 24.5 Å². The summed E-state index contributed by atoms with van der Waals surface area (Å²) in [4.78, 5) is 28.7. The molecule has 0 saturated carbocycles. The van der Waals surface area contributed by atoms with E-state index in [1.165, 1.54) is 0 Å². The van der Waals surface area contributed by atoms with Gasteiger partial charge in [0.05, 0.1) is 5.69 Å². The normalized spacial score (nSPS) is 14.3. The number of piperidine rings is 1. The number of amides is 1. The molecule has 3 heterocycles. The van der Waals surface area contributed by atoms with E-state index >= 15 is 0 Å². The highest BCUT2D eigenvalue weighted by Gasteiger charge is 2.28. The fraction of sp³-hybridized carbons (Fsp3) is 0.185. The molecule has 2 aromatic carbocycles. The second kappa shape index (κ2) is 9.51. The highest BCUT2D eigenvalue weighted by Crippen LogP contribution is 2.35. The summed E-state index contributed by atoms with van der Waals surface area (Å²) in [6.07, 6.45) is 7.14. The van der Waals surface area contributed by atoms with Crippen LogP contribution in [0.5, 0.6) is 0 Å². The number of nitrogens with zero attached hydrogens (tertiary/aromatic N) is 4. The van der Waals surface area contributed by atoms with Crippen molar-refractivity contribution in [3.05, 3.63) is 102 Å². The SMILES string of the molecule is O=C(c1cccc(Cl)c1)N1CCC(c2nc(-c3cccnc3)ncc2-c2ccccc2)CC1. The van der Waals surface area contributed by atoms with Gasteiger partial charge in [-0.05, 0) is 48.7 Å². The Bertz CT molecular complexity index is 1260. The summed E-state index contributed by atoms with van der Waals surface area (Å²) in [6, 6.07) is 21.2. The molecule has 0 radical (unpaired) electrons. The number of benzene rings is 2. The lowest BCUT2D eigenvalue weighted by Crippen LogP contribution is -2.38. The molecule has 1 aliphatic heterocycles. The Morgan fingerprint density at radius 2 is 1.70 bits per heavy atom. The van der Waals surface area contributed by atoms with Crippen LogP contribution in [0.3, 0.4) is 0 Å².